The number of ether oxygens (including phenoxy) is 2. The molecule has 0 unspecified atom stereocenters. The second-order valence-corrected chi connectivity index (χ2v) is 6.54. The molecule has 2 aromatic carbocycles. The molecule has 1 aliphatic rings. The molecule has 2 aromatic rings. The van der Waals surface area contributed by atoms with Crippen molar-refractivity contribution in [2.24, 2.45) is 5.92 Å². The first-order valence-electron chi connectivity index (χ1n) is 8.88. The van der Waals surface area contributed by atoms with Crippen LogP contribution in [0.1, 0.15) is 33.6 Å². The number of piperidine rings is 1. The van der Waals surface area contributed by atoms with Crippen LogP contribution in [-0.2, 0) is 0 Å². The molecule has 6 nitrogen and oxygen atoms in total. The highest BCUT2D eigenvalue weighted by Crippen LogP contribution is 2.28. The van der Waals surface area contributed by atoms with Crippen molar-refractivity contribution in [1.29, 1.82) is 0 Å². The molecule has 142 valence electrons. The minimum Gasteiger partial charge on any atom is -0.507 e. The summed E-state index contributed by atoms with van der Waals surface area (Å²) < 4.78 is 10.2. The number of likely N-dealkylation sites (tertiary alicyclic amines) is 1. The summed E-state index contributed by atoms with van der Waals surface area (Å²) in [6.45, 7) is 0.966. The van der Waals surface area contributed by atoms with E-state index >= 15 is 0 Å². The van der Waals surface area contributed by atoms with E-state index in [-0.39, 0.29) is 28.9 Å². The van der Waals surface area contributed by atoms with Gasteiger partial charge in [0.2, 0.25) is 0 Å². The normalized spacial score (nSPS) is 14.7. The molecule has 1 heterocycles. The molecule has 1 aliphatic heterocycles. The van der Waals surface area contributed by atoms with Gasteiger partial charge in [-0.2, -0.15) is 0 Å². The standard InChI is InChI=1S/C21H23NO5/c1-26-16-5-3-14(4-6-16)20(24)15-9-11-22(12-10-15)21(25)18-8-7-17(27-2)13-19(18)23/h3-8,13,15,23H,9-12H2,1-2H3. The molecule has 1 amide bonds. The largest absolute Gasteiger partial charge is 0.507 e. The highest BCUT2D eigenvalue weighted by molar-refractivity contribution is 5.99. The van der Waals surface area contributed by atoms with Crippen molar-refractivity contribution >= 4 is 11.7 Å². The number of hydrogen-bond donors (Lipinski definition) is 1. The quantitative estimate of drug-likeness (QED) is 0.820. The Bertz CT molecular complexity index is 823. The van der Waals surface area contributed by atoms with Crippen molar-refractivity contribution in [2.45, 2.75) is 12.8 Å². The number of ketones is 1. The van der Waals surface area contributed by atoms with E-state index in [2.05, 4.69) is 0 Å². The fourth-order valence-corrected chi connectivity index (χ4v) is 3.33. The number of carbonyl (C=O) groups is 2. The maximum absolute atomic E-state index is 12.7. The van der Waals surface area contributed by atoms with Crippen molar-refractivity contribution in [3.8, 4) is 17.2 Å². The molecule has 27 heavy (non-hydrogen) atoms. The maximum atomic E-state index is 12.7. The Kier molecular flexibility index (Phi) is 5.64. The average molecular weight is 369 g/mol. The first kappa shape index (κ1) is 18.8. The SMILES string of the molecule is COc1ccc(C(=O)C2CCN(C(=O)c3ccc(OC)cc3O)CC2)cc1. The lowest BCUT2D eigenvalue weighted by atomic mass is 9.88. The third-order valence-corrected chi connectivity index (χ3v) is 4.96. The lowest BCUT2D eigenvalue weighted by molar-refractivity contribution is 0.0647. The van der Waals surface area contributed by atoms with Gasteiger partial charge in [0.25, 0.3) is 5.91 Å². The summed E-state index contributed by atoms with van der Waals surface area (Å²) >= 11 is 0. The van der Waals surface area contributed by atoms with Crippen molar-refractivity contribution in [2.75, 3.05) is 27.3 Å². The summed E-state index contributed by atoms with van der Waals surface area (Å²) in [5, 5.41) is 10.1. The number of benzene rings is 2. The van der Waals surface area contributed by atoms with E-state index in [9.17, 15) is 14.7 Å². The first-order chi connectivity index (χ1) is 13.0. The van der Waals surface area contributed by atoms with E-state index < -0.39 is 0 Å². The predicted octanol–water partition coefficient (Wildman–Crippen LogP) is 3.14. The fourth-order valence-electron chi connectivity index (χ4n) is 3.33. The van der Waals surface area contributed by atoms with Crippen molar-refractivity contribution in [1.82, 2.24) is 4.90 Å². The zero-order valence-corrected chi connectivity index (χ0v) is 15.5. The molecule has 0 aliphatic carbocycles. The molecule has 0 atom stereocenters. The van der Waals surface area contributed by atoms with Crippen LogP contribution in [0, 0.1) is 5.92 Å². The van der Waals surface area contributed by atoms with Crippen LogP contribution in [0.5, 0.6) is 17.2 Å². The number of hydrogen-bond acceptors (Lipinski definition) is 5. The van der Waals surface area contributed by atoms with Gasteiger partial charge in [-0.15, -0.1) is 0 Å². The predicted molar refractivity (Wildman–Crippen MR) is 101 cm³/mol. The van der Waals surface area contributed by atoms with Crippen LogP contribution in [0.3, 0.4) is 0 Å². The molecule has 1 saturated heterocycles. The zero-order valence-electron chi connectivity index (χ0n) is 15.5. The van der Waals surface area contributed by atoms with Gasteiger partial charge in [-0.25, -0.2) is 0 Å². The van der Waals surface area contributed by atoms with Gasteiger partial charge < -0.3 is 19.5 Å². The molecule has 6 heteroatoms. The lowest BCUT2D eigenvalue weighted by Gasteiger charge is -2.31. The van der Waals surface area contributed by atoms with E-state index in [0.717, 1.165) is 0 Å². The molecule has 0 spiro atoms. The van der Waals surface area contributed by atoms with Gasteiger partial charge in [0.05, 0.1) is 19.8 Å². The van der Waals surface area contributed by atoms with Crippen LogP contribution in [0.4, 0.5) is 0 Å². The Morgan fingerprint density at radius 1 is 0.963 bits per heavy atom. The van der Waals surface area contributed by atoms with Crippen molar-refractivity contribution in [3.63, 3.8) is 0 Å². The number of aromatic hydroxyl groups is 1. The monoisotopic (exact) mass is 369 g/mol. The number of Topliss-reactive ketones (excluding diaryl/α,β-unsaturated/α-hetero) is 1. The van der Waals surface area contributed by atoms with E-state index in [1.54, 1.807) is 48.4 Å². The molecule has 3 rings (SSSR count). The Balaban J connectivity index is 1.62. The van der Waals surface area contributed by atoms with Crippen LogP contribution in [0.15, 0.2) is 42.5 Å². The molecule has 1 N–H and O–H groups in total. The number of nitrogens with zero attached hydrogens (tertiary/aromatic N) is 1. The number of amides is 1. The van der Waals surface area contributed by atoms with Gasteiger partial charge in [0.15, 0.2) is 5.78 Å². The number of rotatable bonds is 5. The summed E-state index contributed by atoms with van der Waals surface area (Å²) in [7, 11) is 3.09. The summed E-state index contributed by atoms with van der Waals surface area (Å²) in [6.07, 6.45) is 1.21. The Morgan fingerprint density at radius 2 is 1.56 bits per heavy atom. The molecule has 0 aromatic heterocycles. The van der Waals surface area contributed by atoms with Crippen molar-refractivity contribution < 1.29 is 24.2 Å². The average Bonchev–Trinajstić information content (AvgIpc) is 2.72. The Hall–Kier alpha value is -3.02. The number of methoxy groups -OCH3 is 2. The van der Waals surface area contributed by atoms with Crippen LogP contribution in [0.25, 0.3) is 0 Å². The highest BCUT2D eigenvalue weighted by Gasteiger charge is 2.29. The van der Waals surface area contributed by atoms with Crippen LogP contribution in [-0.4, -0.2) is 49.0 Å². The minimum absolute atomic E-state index is 0.0945. The summed E-state index contributed by atoms with van der Waals surface area (Å²) in [4.78, 5) is 27.0. The number of phenols is 1. The van der Waals surface area contributed by atoms with E-state index in [1.807, 2.05) is 0 Å². The van der Waals surface area contributed by atoms with E-state index in [1.165, 1.54) is 13.2 Å². The van der Waals surface area contributed by atoms with Gasteiger partial charge >= 0.3 is 0 Å². The summed E-state index contributed by atoms with van der Waals surface area (Å²) in [5.41, 5.74) is 0.907. The van der Waals surface area contributed by atoms with Gasteiger partial charge in [-0.05, 0) is 49.2 Å². The van der Waals surface area contributed by atoms with Crippen LogP contribution >= 0.6 is 0 Å². The van der Waals surface area contributed by atoms with Gasteiger partial charge in [0, 0.05) is 30.6 Å². The molecule has 0 bridgehead atoms. The molecule has 0 radical (unpaired) electrons. The Morgan fingerprint density at radius 3 is 2.11 bits per heavy atom. The molecular formula is C21H23NO5. The molecular weight excluding hydrogens is 346 g/mol. The smallest absolute Gasteiger partial charge is 0.257 e. The van der Waals surface area contributed by atoms with E-state index in [0.29, 0.717) is 43.0 Å². The van der Waals surface area contributed by atoms with Gasteiger partial charge in [-0.1, -0.05) is 0 Å². The second-order valence-electron chi connectivity index (χ2n) is 6.54. The highest BCUT2D eigenvalue weighted by atomic mass is 16.5. The fraction of sp³-hybridized carbons (Fsp3) is 0.333. The third-order valence-electron chi connectivity index (χ3n) is 4.96. The summed E-state index contributed by atoms with van der Waals surface area (Å²) in [6, 6.07) is 11.7. The van der Waals surface area contributed by atoms with Gasteiger partial charge in [0.1, 0.15) is 17.2 Å². The van der Waals surface area contributed by atoms with Gasteiger partial charge in [-0.3, -0.25) is 9.59 Å². The third kappa shape index (κ3) is 4.05. The first-order valence-corrected chi connectivity index (χ1v) is 8.88. The topological polar surface area (TPSA) is 76.1 Å². The lowest BCUT2D eigenvalue weighted by Crippen LogP contribution is -2.40. The Labute approximate surface area is 158 Å². The van der Waals surface area contributed by atoms with Crippen molar-refractivity contribution in [3.05, 3.63) is 53.6 Å². The molecule has 0 saturated carbocycles. The molecule has 1 fully saturated rings. The zero-order chi connectivity index (χ0) is 19.4. The van der Waals surface area contributed by atoms with E-state index in [4.69, 9.17) is 9.47 Å². The van der Waals surface area contributed by atoms with Crippen LogP contribution < -0.4 is 9.47 Å². The summed E-state index contributed by atoms with van der Waals surface area (Å²) in [5.74, 6) is 0.865. The minimum atomic E-state index is -0.231. The maximum Gasteiger partial charge on any atom is 0.257 e. The number of phenolic OH excluding ortho intramolecular Hbond substituents is 1. The number of carbonyl (C=O) groups excluding carboxylic acids is 2. The second kappa shape index (κ2) is 8.12. The van der Waals surface area contributed by atoms with Crippen LogP contribution in [0.2, 0.25) is 0 Å².